The van der Waals surface area contributed by atoms with E-state index in [4.69, 9.17) is 0 Å². The number of nitrogens with one attached hydrogen (secondary N) is 1. The molecule has 2 rings (SSSR count). The van der Waals surface area contributed by atoms with Crippen LogP contribution in [0, 0.1) is 11.3 Å². The van der Waals surface area contributed by atoms with Gasteiger partial charge in [0.25, 0.3) is 0 Å². The Morgan fingerprint density at radius 2 is 2.06 bits per heavy atom. The van der Waals surface area contributed by atoms with Crippen LogP contribution < -0.4 is 5.32 Å². The van der Waals surface area contributed by atoms with Crippen LogP contribution >= 0.6 is 12.4 Å². The molecule has 1 aliphatic heterocycles. The van der Waals surface area contributed by atoms with Gasteiger partial charge in [-0.3, -0.25) is 4.79 Å². The summed E-state index contributed by atoms with van der Waals surface area (Å²) < 4.78 is 0. The first-order chi connectivity index (χ1) is 7.62. The first kappa shape index (κ1) is 14.8. The zero-order chi connectivity index (χ0) is 11.6. The van der Waals surface area contributed by atoms with Crippen LogP contribution in [0.3, 0.4) is 0 Å². The molecule has 0 aromatic carbocycles. The lowest BCUT2D eigenvalue weighted by Gasteiger charge is -2.30. The minimum atomic E-state index is -0.145. The molecule has 1 atom stereocenters. The summed E-state index contributed by atoms with van der Waals surface area (Å²) in [4.78, 5) is 14.3. The van der Waals surface area contributed by atoms with Crippen molar-refractivity contribution in [3.8, 4) is 0 Å². The smallest absolute Gasteiger partial charge is 0.229 e. The van der Waals surface area contributed by atoms with Crippen LogP contribution in [0.2, 0.25) is 0 Å². The van der Waals surface area contributed by atoms with Crippen LogP contribution in [0.1, 0.15) is 39.0 Å². The number of rotatable bonds is 3. The second-order valence-corrected chi connectivity index (χ2v) is 5.82. The van der Waals surface area contributed by atoms with E-state index in [0.717, 1.165) is 32.0 Å². The van der Waals surface area contributed by atoms with E-state index in [1.165, 1.54) is 25.7 Å². The van der Waals surface area contributed by atoms with Crippen LogP contribution in [0.4, 0.5) is 0 Å². The summed E-state index contributed by atoms with van der Waals surface area (Å²) in [5, 5.41) is 3.29. The predicted molar refractivity (Wildman–Crippen MR) is 72.4 cm³/mol. The topological polar surface area (TPSA) is 32.3 Å². The maximum atomic E-state index is 12.3. The highest BCUT2D eigenvalue weighted by Crippen LogP contribution is 2.29. The summed E-state index contributed by atoms with van der Waals surface area (Å²) in [5.74, 6) is 1.09. The van der Waals surface area contributed by atoms with Crippen LogP contribution in [-0.2, 0) is 4.79 Å². The molecule has 3 nitrogen and oxygen atoms in total. The fourth-order valence-corrected chi connectivity index (χ4v) is 3.12. The number of nitrogens with zero attached hydrogens (tertiary/aromatic N) is 1. The molecule has 100 valence electrons. The molecule has 1 heterocycles. The Hall–Kier alpha value is -0.280. The first-order valence-corrected chi connectivity index (χ1v) is 6.58. The van der Waals surface area contributed by atoms with Crippen molar-refractivity contribution in [3.05, 3.63) is 0 Å². The summed E-state index contributed by atoms with van der Waals surface area (Å²) in [7, 11) is 1.98. The molecule has 17 heavy (non-hydrogen) atoms. The van der Waals surface area contributed by atoms with E-state index < -0.39 is 0 Å². The van der Waals surface area contributed by atoms with Gasteiger partial charge in [0.15, 0.2) is 0 Å². The molecule has 0 bridgehead atoms. The van der Waals surface area contributed by atoms with Gasteiger partial charge < -0.3 is 10.2 Å². The number of carbonyl (C=O) groups is 1. The van der Waals surface area contributed by atoms with E-state index in [9.17, 15) is 4.79 Å². The number of hydrogen-bond donors (Lipinski definition) is 1. The molecular formula is C13H25ClN2O. The highest BCUT2D eigenvalue weighted by molar-refractivity contribution is 5.85. The van der Waals surface area contributed by atoms with Gasteiger partial charge in [-0.25, -0.2) is 0 Å². The maximum absolute atomic E-state index is 12.3. The highest BCUT2D eigenvalue weighted by atomic mass is 35.5. The van der Waals surface area contributed by atoms with E-state index in [0.29, 0.717) is 5.91 Å². The van der Waals surface area contributed by atoms with Crippen molar-refractivity contribution < 1.29 is 4.79 Å². The van der Waals surface area contributed by atoms with Crippen LogP contribution in [-0.4, -0.2) is 37.5 Å². The lowest BCUT2D eigenvalue weighted by molar-refractivity contribution is -0.139. The zero-order valence-electron chi connectivity index (χ0n) is 11.0. The normalized spacial score (nSPS) is 29.1. The Morgan fingerprint density at radius 1 is 1.41 bits per heavy atom. The Kier molecular flexibility index (Phi) is 5.26. The predicted octanol–water partition coefficient (Wildman–Crippen LogP) is 2.06. The summed E-state index contributed by atoms with van der Waals surface area (Å²) >= 11 is 0. The van der Waals surface area contributed by atoms with E-state index >= 15 is 0 Å². The Labute approximate surface area is 111 Å². The molecule has 0 aromatic heterocycles. The summed E-state index contributed by atoms with van der Waals surface area (Å²) in [6, 6.07) is 0. The number of halogens is 1. The van der Waals surface area contributed by atoms with Crippen LogP contribution in [0.25, 0.3) is 0 Å². The molecule has 1 saturated heterocycles. The Bertz CT molecular complexity index is 258. The molecule has 1 N–H and O–H groups in total. The van der Waals surface area contributed by atoms with Crippen molar-refractivity contribution in [1.29, 1.82) is 0 Å². The van der Waals surface area contributed by atoms with Crippen molar-refractivity contribution >= 4 is 18.3 Å². The van der Waals surface area contributed by atoms with E-state index in [2.05, 4.69) is 12.2 Å². The molecule has 1 amide bonds. The van der Waals surface area contributed by atoms with Crippen LogP contribution in [0.15, 0.2) is 0 Å². The first-order valence-electron chi connectivity index (χ1n) is 6.58. The second kappa shape index (κ2) is 6.05. The van der Waals surface area contributed by atoms with Crippen molar-refractivity contribution in [3.63, 3.8) is 0 Å². The minimum absolute atomic E-state index is 0. The van der Waals surface area contributed by atoms with Gasteiger partial charge in [0.05, 0.1) is 5.41 Å². The van der Waals surface area contributed by atoms with E-state index in [1.807, 2.05) is 11.9 Å². The van der Waals surface area contributed by atoms with Crippen molar-refractivity contribution in [2.45, 2.75) is 39.0 Å². The monoisotopic (exact) mass is 260 g/mol. The fraction of sp³-hybridized carbons (Fsp3) is 0.923. The lowest BCUT2D eigenvalue weighted by Crippen LogP contribution is -2.43. The third-order valence-electron chi connectivity index (χ3n) is 4.24. The van der Waals surface area contributed by atoms with Gasteiger partial charge in [-0.2, -0.15) is 0 Å². The molecule has 2 aliphatic rings. The van der Waals surface area contributed by atoms with Gasteiger partial charge in [-0.1, -0.05) is 12.8 Å². The number of carbonyl (C=O) groups excluding carboxylic acids is 1. The third kappa shape index (κ3) is 3.35. The summed E-state index contributed by atoms with van der Waals surface area (Å²) in [5.41, 5.74) is -0.145. The molecule has 4 heteroatoms. The quantitative estimate of drug-likeness (QED) is 0.843. The van der Waals surface area contributed by atoms with Crippen molar-refractivity contribution in [2.75, 3.05) is 26.7 Å². The lowest BCUT2D eigenvalue weighted by atomic mass is 9.88. The molecule has 1 aliphatic carbocycles. The maximum Gasteiger partial charge on any atom is 0.229 e. The van der Waals surface area contributed by atoms with Gasteiger partial charge in [0.2, 0.25) is 5.91 Å². The molecule has 0 radical (unpaired) electrons. The minimum Gasteiger partial charge on any atom is -0.345 e. The average molecular weight is 261 g/mol. The molecular weight excluding hydrogens is 236 g/mol. The zero-order valence-corrected chi connectivity index (χ0v) is 11.8. The van der Waals surface area contributed by atoms with Crippen LogP contribution in [0.5, 0.6) is 0 Å². The molecule has 1 unspecified atom stereocenters. The van der Waals surface area contributed by atoms with Gasteiger partial charge >= 0.3 is 0 Å². The van der Waals surface area contributed by atoms with E-state index in [1.54, 1.807) is 0 Å². The van der Waals surface area contributed by atoms with Crippen molar-refractivity contribution in [2.24, 2.45) is 11.3 Å². The van der Waals surface area contributed by atoms with Crippen molar-refractivity contribution in [1.82, 2.24) is 10.2 Å². The third-order valence-corrected chi connectivity index (χ3v) is 4.24. The van der Waals surface area contributed by atoms with E-state index in [-0.39, 0.29) is 17.8 Å². The van der Waals surface area contributed by atoms with Gasteiger partial charge in [-0.15, -0.1) is 12.4 Å². The standard InChI is InChI=1S/C13H24N2O.ClH/c1-13(7-8-14-10-13)12(16)15(2)9-11-5-3-4-6-11;/h11,14H,3-10H2,1-2H3;1H. The average Bonchev–Trinajstić information content (AvgIpc) is 2.89. The number of amides is 1. The fourth-order valence-electron chi connectivity index (χ4n) is 3.12. The summed E-state index contributed by atoms with van der Waals surface area (Å²) in [6.07, 6.45) is 6.32. The molecule has 0 spiro atoms. The summed E-state index contributed by atoms with van der Waals surface area (Å²) in [6.45, 7) is 4.90. The molecule has 2 fully saturated rings. The van der Waals surface area contributed by atoms with Gasteiger partial charge in [0.1, 0.15) is 0 Å². The SMILES string of the molecule is CN(CC1CCCC1)C(=O)C1(C)CCNC1.Cl. The highest BCUT2D eigenvalue weighted by Gasteiger charge is 2.38. The Balaban J connectivity index is 0.00000144. The largest absolute Gasteiger partial charge is 0.345 e. The number of hydrogen-bond acceptors (Lipinski definition) is 2. The van der Waals surface area contributed by atoms with Gasteiger partial charge in [0, 0.05) is 20.1 Å². The second-order valence-electron chi connectivity index (χ2n) is 5.82. The molecule has 0 aromatic rings. The Morgan fingerprint density at radius 3 is 2.59 bits per heavy atom. The van der Waals surface area contributed by atoms with Gasteiger partial charge in [-0.05, 0) is 38.6 Å². The molecule has 1 saturated carbocycles.